The summed E-state index contributed by atoms with van der Waals surface area (Å²) in [6.45, 7) is 6.24. The van der Waals surface area contributed by atoms with Gasteiger partial charge in [0.1, 0.15) is 5.60 Å². The molecule has 16 heavy (non-hydrogen) atoms. The van der Waals surface area contributed by atoms with Crippen LogP contribution in [0.2, 0.25) is 0 Å². The molecule has 0 rings (SSSR count). The molecule has 0 aromatic heterocycles. The fourth-order valence-corrected chi connectivity index (χ4v) is 0.799. The van der Waals surface area contributed by atoms with Crippen LogP contribution in [-0.2, 0) is 19.1 Å². The van der Waals surface area contributed by atoms with Crippen molar-refractivity contribution in [3.05, 3.63) is 0 Å². The highest BCUT2D eigenvalue weighted by molar-refractivity contribution is 5.85. The Labute approximate surface area is 93.5 Å². The number of rotatable bonds is 3. The summed E-state index contributed by atoms with van der Waals surface area (Å²) in [5, 5.41) is 8.43. The van der Waals surface area contributed by atoms with Gasteiger partial charge in [0, 0.05) is 0 Å². The van der Waals surface area contributed by atoms with Gasteiger partial charge in [0.2, 0.25) is 0 Å². The minimum Gasteiger partial charge on any atom is -0.481 e. The zero-order chi connectivity index (χ0) is 12.9. The van der Waals surface area contributed by atoms with E-state index in [0.717, 1.165) is 0 Å². The summed E-state index contributed by atoms with van der Waals surface area (Å²) in [6, 6.07) is 0. The molecule has 6 nitrogen and oxygen atoms in total. The summed E-state index contributed by atoms with van der Waals surface area (Å²) in [6.07, 6.45) is -1.50. The molecule has 0 fully saturated rings. The number of ether oxygens (including phenoxy) is 2. The number of aliphatic carboxylic acids is 1. The van der Waals surface area contributed by atoms with E-state index in [1.807, 2.05) is 0 Å². The first-order valence-electron chi connectivity index (χ1n) is 4.78. The van der Waals surface area contributed by atoms with Crippen molar-refractivity contribution in [3.63, 3.8) is 0 Å². The van der Waals surface area contributed by atoms with Gasteiger partial charge in [0.25, 0.3) is 0 Å². The molecule has 0 radical (unpaired) electrons. The van der Waals surface area contributed by atoms with E-state index in [2.05, 4.69) is 4.74 Å². The Kier molecular flexibility index (Phi) is 4.94. The third-order valence-electron chi connectivity index (χ3n) is 1.46. The van der Waals surface area contributed by atoms with Crippen LogP contribution in [0.1, 0.15) is 34.1 Å². The molecule has 0 unspecified atom stereocenters. The summed E-state index contributed by atoms with van der Waals surface area (Å²) >= 11 is 0. The lowest BCUT2D eigenvalue weighted by Gasteiger charge is -2.18. The molecule has 6 heteroatoms. The van der Waals surface area contributed by atoms with Gasteiger partial charge in [-0.05, 0) is 20.8 Å². The molecule has 0 saturated carbocycles. The lowest BCUT2D eigenvalue weighted by atomic mass is 10.1. The van der Waals surface area contributed by atoms with Gasteiger partial charge in [-0.2, -0.15) is 0 Å². The third kappa shape index (κ3) is 6.80. The maximum absolute atomic E-state index is 11.2. The first kappa shape index (κ1) is 14.4. The second-order valence-corrected chi connectivity index (χ2v) is 4.38. The van der Waals surface area contributed by atoms with E-state index < -0.39 is 29.6 Å². The number of carbonyl (C=O) groups excluding carboxylic acids is 2. The molecule has 0 aromatic carbocycles. The molecule has 0 spiro atoms. The molecule has 0 bridgehead atoms. The molecule has 0 aromatic rings. The number of hydrogen-bond acceptors (Lipinski definition) is 5. The SMILES string of the molecule is C[C@@H](CC(=O)O)C(=O)OC(=O)OC(C)(C)C. The molecule has 1 N–H and O–H groups in total. The fraction of sp³-hybridized carbons (Fsp3) is 0.700. The Morgan fingerprint density at radius 3 is 2.12 bits per heavy atom. The van der Waals surface area contributed by atoms with Crippen LogP contribution in [0.15, 0.2) is 0 Å². The van der Waals surface area contributed by atoms with Crippen molar-refractivity contribution in [1.29, 1.82) is 0 Å². The van der Waals surface area contributed by atoms with Crippen LogP contribution in [0, 0.1) is 5.92 Å². The van der Waals surface area contributed by atoms with Crippen LogP contribution in [0.4, 0.5) is 4.79 Å². The summed E-state index contributed by atoms with van der Waals surface area (Å²) < 4.78 is 9.06. The second kappa shape index (κ2) is 5.48. The summed E-state index contributed by atoms with van der Waals surface area (Å²) in [7, 11) is 0. The predicted molar refractivity (Wildman–Crippen MR) is 53.7 cm³/mol. The van der Waals surface area contributed by atoms with E-state index in [-0.39, 0.29) is 6.42 Å². The third-order valence-corrected chi connectivity index (χ3v) is 1.46. The number of carboxylic acid groups (broad SMARTS) is 1. The van der Waals surface area contributed by atoms with E-state index in [1.54, 1.807) is 20.8 Å². The molecule has 0 saturated heterocycles. The van der Waals surface area contributed by atoms with Crippen LogP contribution < -0.4 is 0 Å². The summed E-state index contributed by atoms with van der Waals surface area (Å²) in [5.74, 6) is -2.92. The highest BCUT2D eigenvalue weighted by Gasteiger charge is 2.24. The number of esters is 1. The quantitative estimate of drug-likeness (QED) is 0.586. The zero-order valence-corrected chi connectivity index (χ0v) is 9.77. The molecule has 0 heterocycles. The minimum absolute atomic E-state index is 0.387. The van der Waals surface area contributed by atoms with Gasteiger partial charge in [0.05, 0.1) is 12.3 Å². The molecular weight excluding hydrogens is 216 g/mol. The fourth-order valence-electron chi connectivity index (χ4n) is 0.799. The van der Waals surface area contributed by atoms with Gasteiger partial charge in [0.15, 0.2) is 0 Å². The van der Waals surface area contributed by atoms with E-state index in [0.29, 0.717) is 0 Å². The van der Waals surface area contributed by atoms with Gasteiger partial charge in [-0.15, -0.1) is 0 Å². The van der Waals surface area contributed by atoms with Crippen molar-refractivity contribution in [2.75, 3.05) is 0 Å². The first-order chi connectivity index (χ1) is 7.11. The van der Waals surface area contributed by atoms with E-state index in [4.69, 9.17) is 9.84 Å². The van der Waals surface area contributed by atoms with E-state index in [9.17, 15) is 14.4 Å². The van der Waals surface area contributed by atoms with Crippen molar-refractivity contribution in [2.45, 2.75) is 39.7 Å². The Morgan fingerprint density at radius 2 is 1.75 bits per heavy atom. The Morgan fingerprint density at radius 1 is 1.25 bits per heavy atom. The normalized spacial score (nSPS) is 12.8. The van der Waals surface area contributed by atoms with Crippen LogP contribution in [-0.4, -0.2) is 28.8 Å². The Bertz CT molecular complexity index is 288. The lowest BCUT2D eigenvalue weighted by molar-refractivity contribution is -0.150. The number of carbonyl (C=O) groups is 3. The summed E-state index contributed by atoms with van der Waals surface area (Å²) in [5.41, 5.74) is -0.757. The minimum atomic E-state index is -1.13. The van der Waals surface area contributed by atoms with Gasteiger partial charge in [-0.25, -0.2) is 4.79 Å². The first-order valence-corrected chi connectivity index (χ1v) is 4.78. The Hall–Kier alpha value is -1.59. The van der Waals surface area contributed by atoms with Crippen LogP contribution in [0.3, 0.4) is 0 Å². The van der Waals surface area contributed by atoms with Crippen molar-refractivity contribution in [3.8, 4) is 0 Å². The van der Waals surface area contributed by atoms with E-state index in [1.165, 1.54) is 6.92 Å². The monoisotopic (exact) mass is 232 g/mol. The maximum atomic E-state index is 11.2. The second-order valence-electron chi connectivity index (χ2n) is 4.38. The van der Waals surface area contributed by atoms with Crippen LogP contribution in [0.25, 0.3) is 0 Å². The van der Waals surface area contributed by atoms with Gasteiger partial charge < -0.3 is 14.6 Å². The zero-order valence-electron chi connectivity index (χ0n) is 9.77. The average molecular weight is 232 g/mol. The van der Waals surface area contributed by atoms with Gasteiger partial charge in [-0.1, -0.05) is 6.92 Å². The maximum Gasteiger partial charge on any atom is 0.516 e. The molecule has 92 valence electrons. The highest BCUT2D eigenvalue weighted by Crippen LogP contribution is 2.10. The van der Waals surface area contributed by atoms with Crippen molar-refractivity contribution in [1.82, 2.24) is 0 Å². The standard InChI is InChI=1S/C10H16O6/c1-6(5-7(11)12)8(13)15-9(14)16-10(2,3)4/h6H,5H2,1-4H3,(H,11,12)/t6-/m0/s1. The van der Waals surface area contributed by atoms with Crippen molar-refractivity contribution >= 4 is 18.1 Å². The molecule has 0 aliphatic heterocycles. The topological polar surface area (TPSA) is 89.9 Å². The smallest absolute Gasteiger partial charge is 0.481 e. The number of carboxylic acids is 1. The molecule has 1 atom stereocenters. The molecular formula is C10H16O6. The predicted octanol–water partition coefficient (Wildman–Crippen LogP) is 1.58. The summed E-state index contributed by atoms with van der Waals surface area (Å²) in [4.78, 5) is 32.5. The Balaban J connectivity index is 4.14. The van der Waals surface area contributed by atoms with Crippen LogP contribution in [0.5, 0.6) is 0 Å². The lowest BCUT2D eigenvalue weighted by Crippen LogP contribution is -2.28. The van der Waals surface area contributed by atoms with E-state index >= 15 is 0 Å². The van der Waals surface area contributed by atoms with Gasteiger partial charge >= 0.3 is 18.1 Å². The molecule has 0 aliphatic carbocycles. The molecule has 0 aliphatic rings. The molecule has 0 amide bonds. The van der Waals surface area contributed by atoms with Gasteiger partial charge in [-0.3, -0.25) is 9.59 Å². The van der Waals surface area contributed by atoms with Crippen molar-refractivity contribution in [2.24, 2.45) is 5.92 Å². The van der Waals surface area contributed by atoms with Crippen LogP contribution >= 0.6 is 0 Å². The number of hydrogen-bond donors (Lipinski definition) is 1. The average Bonchev–Trinajstić information content (AvgIpc) is 1.98. The van der Waals surface area contributed by atoms with Crippen molar-refractivity contribution < 1.29 is 29.0 Å². The largest absolute Gasteiger partial charge is 0.516 e. The highest BCUT2D eigenvalue weighted by atomic mass is 16.7.